The Morgan fingerprint density at radius 2 is 1.95 bits per heavy atom. The highest BCUT2D eigenvalue weighted by atomic mass is 16.1. The van der Waals surface area contributed by atoms with Gasteiger partial charge in [0.2, 0.25) is 5.71 Å². The highest BCUT2D eigenvalue weighted by Crippen LogP contribution is 2.27. The molecule has 1 fully saturated rings. The molecule has 1 aliphatic rings. The molecule has 0 spiro atoms. The molecule has 0 aromatic heterocycles. The average molecular weight is 282 g/mol. The smallest absolute Gasteiger partial charge is 0.250 e. The quantitative estimate of drug-likeness (QED) is 0.635. The minimum Gasteiger partial charge on any atom is -0.371 e. The molecule has 1 amide bonds. The van der Waals surface area contributed by atoms with Crippen LogP contribution in [0.5, 0.6) is 0 Å². The van der Waals surface area contributed by atoms with E-state index in [-0.39, 0.29) is 5.71 Å². The fourth-order valence-corrected chi connectivity index (χ4v) is 2.22. The van der Waals surface area contributed by atoms with Crippen molar-refractivity contribution >= 4 is 23.0 Å². The Balaban J connectivity index is 2.31. The van der Waals surface area contributed by atoms with Gasteiger partial charge < -0.3 is 10.6 Å². The van der Waals surface area contributed by atoms with E-state index in [9.17, 15) is 4.79 Å². The van der Waals surface area contributed by atoms with Gasteiger partial charge in [-0.15, -0.1) is 0 Å². The molecule has 0 unspecified atom stereocenters. The van der Waals surface area contributed by atoms with Crippen LogP contribution in [0, 0.1) is 22.7 Å². The lowest BCUT2D eigenvalue weighted by atomic mass is 10.1. The van der Waals surface area contributed by atoms with Crippen molar-refractivity contribution in [1.29, 1.82) is 10.5 Å². The van der Waals surface area contributed by atoms with Crippen LogP contribution in [-0.4, -0.2) is 24.7 Å². The molecule has 0 aliphatic carbocycles. The highest BCUT2D eigenvalue weighted by Gasteiger charge is 2.18. The molecule has 1 aromatic rings. The van der Waals surface area contributed by atoms with Gasteiger partial charge in [-0.3, -0.25) is 10.2 Å². The predicted octanol–water partition coefficient (Wildman–Crippen LogP) is 1.20. The van der Waals surface area contributed by atoms with E-state index in [1.54, 1.807) is 30.3 Å². The van der Waals surface area contributed by atoms with Gasteiger partial charge in [0, 0.05) is 13.1 Å². The molecule has 106 valence electrons. The maximum atomic E-state index is 11.5. The average Bonchev–Trinajstić information content (AvgIpc) is 3.02. The van der Waals surface area contributed by atoms with E-state index in [2.05, 4.69) is 15.4 Å². The first-order chi connectivity index (χ1) is 10.2. The van der Waals surface area contributed by atoms with Crippen molar-refractivity contribution in [2.75, 3.05) is 23.4 Å². The van der Waals surface area contributed by atoms with Gasteiger partial charge in [-0.2, -0.15) is 15.6 Å². The summed E-state index contributed by atoms with van der Waals surface area (Å²) in [5.41, 5.74) is 9.56. The van der Waals surface area contributed by atoms with Crippen molar-refractivity contribution in [3.63, 3.8) is 0 Å². The maximum absolute atomic E-state index is 11.5. The molecule has 7 nitrogen and oxygen atoms in total. The van der Waals surface area contributed by atoms with Crippen molar-refractivity contribution in [3.8, 4) is 12.1 Å². The Hall–Kier alpha value is -3.06. The number of carbonyl (C=O) groups is 1. The lowest BCUT2D eigenvalue weighted by molar-refractivity contribution is 0.100. The fraction of sp³-hybridized carbons (Fsp3) is 0.286. The molecule has 0 atom stereocenters. The number of nitrogens with zero attached hydrogens (tertiary/aromatic N) is 4. The summed E-state index contributed by atoms with van der Waals surface area (Å²) in [6.07, 6.45) is 2.14. The lowest BCUT2D eigenvalue weighted by Crippen LogP contribution is -2.23. The Morgan fingerprint density at radius 3 is 2.52 bits per heavy atom. The first-order valence-electron chi connectivity index (χ1n) is 6.48. The summed E-state index contributed by atoms with van der Waals surface area (Å²) in [4.78, 5) is 13.6. The first kappa shape index (κ1) is 14.4. The SMILES string of the molecule is N#CC(C#N)=NNc1ccc(C(N)=O)c(N2CCCC2)c1. The van der Waals surface area contributed by atoms with Gasteiger partial charge in [0.05, 0.1) is 16.9 Å². The summed E-state index contributed by atoms with van der Waals surface area (Å²) >= 11 is 0. The number of amides is 1. The van der Waals surface area contributed by atoms with Crippen LogP contribution in [0.4, 0.5) is 11.4 Å². The third-order valence-corrected chi connectivity index (χ3v) is 3.22. The Bertz CT molecular complexity index is 645. The van der Waals surface area contributed by atoms with Crippen molar-refractivity contribution in [2.24, 2.45) is 10.8 Å². The largest absolute Gasteiger partial charge is 0.371 e. The molecular formula is C14H14N6O. The summed E-state index contributed by atoms with van der Waals surface area (Å²) in [6.45, 7) is 1.74. The monoisotopic (exact) mass is 282 g/mol. The summed E-state index contributed by atoms with van der Waals surface area (Å²) in [6, 6.07) is 8.33. The Morgan fingerprint density at radius 1 is 1.29 bits per heavy atom. The van der Waals surface area contributed by atoms with Gasteiger partial charge >= 0.3 is 0 Å². The van der Waals surface area contributed by atoms with E-state index in [1.807, 2.05) is 0 Å². The zero-order valence-electron chi connectivity index (χ0n) is 11.3. The molecule has 1 aromatic carbocycles. The molecule has 1 heterocycles. The minimum absolute atomic E-state index is 0.267. The second-order valence-corrected chi connectivity index (χ2v) is 4.59. The molecule has 0 radical (unpaired) electrons. The molecule has 1 aliphatic heterocycles. The summed E-state index contributed by atoms with van der Waals surface area (Å²) in [7, 11) is 0. The van der Waals surface area contributed by atoms with Crippen LogP contribution in [0.25, 0.3) is 0 Å². The van der Waals surface area contributed by atoms with Crippen LogP contribution >= 0.6 is 0 Å². The normalized spacial score (nSPS) is 13.1. The van der Waals surface area contributed by atoms with Gasteiger partial charge in [-0.05, 0) is 31.0 Å². The molecule has 0 bridgehead atoms. The zero-order chi connectivity index (χ0) is 15.2. The second kappa shape index (κ2) is 6.40. The number of hydrogen-bond donors (Lipinski definition) is 2. The van der Waals surface area contributed by atoms with E-state index in [1.165, 1.54) is 0 Å². The molecule has 21 heavy (non-hydrogen) atoms. The van der Waals surface area contributed by atoms with E-state index in [0.717, 1.165) is 31.6 Å². The van der Waals surface area contributed by atoms with Crippen LogP contribution in [0.3, 0.4) is 0 Å². The Kier molecular flexibility index (Phi) is 4.37. The first-order valence-corrected chi connectivity index (χ1v) is 6.48. The van der Waals surface area contributed by atoms with Gasteiger partial charge in [0.1, 0.15) is 12.1 Å². The van der Waals surface area contributed by atoms with Gasteiger partial charge in [-0.25, -0.2) is 0 Å². The molecular weight excluding hydrogens is 268 g/mol. The lowest BCUT2D eigenvalue weighted by Gasteiger charge is -2.21. The van der Waals surface area contributed by atoms with Crippen molar-refractivity contribution in [3.05, 3.63) is 23.8 Å². The Labute approximate surface area is 122 Å². The maximum Gasteiger partial charge on any atom is 0.250 e. The number of anilines is 2. The molecule has 2 rings (SSSR count). The van der Waals surface area contributed by atoms with E-state index < -0.39 is 5.91 Å². The van der Waals surface area contributed by atoms with Gasteiger partial charge in [-0.1, -0.05) is 0 Å². The number of benzene rings is 1. The summed E-state index contributed by atoms with van der Waals surface area (Å²) in [5, 5.41) is 21.0. The third kappa shape index (κ3) is 3.28. The second-order valence-electron chi connectivity index (χ2n) is 4.59. The fourth-order valence-electron chi connectivity index (χ4n) is 2.22. The van der Waals surface area contributed by atoms with Crippen molar-refractivity contribution in [2.45, 2.75) is 12.8 Å². The number of nitrogens with two attached hydrogens (primary N) is 1. The molecule has 1 saturated heterocycles. The number of rotatable bonds is 4. The summed E-state index contributed by atoms with van der Waals surface area (Å²) < 4.78 is 0. The van der Waals surface area contributed by atoms with Crippen molar-refractivity contribution in [1.82, 2.24) is 0 Å². The van der Waals surface area contributed by atoms with Crippen LogP contribution in [0.1, 0.15) is 23.2 Å². The van der Waals surface area contributed by atoms with Crippen LogP contribution in [0.15, 0.2) is 23.3 Å². The van der Waals surface area contributed by atoms with Crippen LogP contribution in [-0.2, 0) is 0 Å². The summed E-state index contributed by atoms with van der Waals surface area (Å²) in [5.74, 6) is -0.485. The third-order valence-electron chi connectivity index (χ3n) is 3.22. The number of hydrogen-bond acceptors (Lipinski definition) is 6. The number of primary amides is 1. The van der Waals surface area contributed by atoms with Crippen LogP contribution < -0.4 is 16.1 Å². The number of carbonyl (C=O) groups excluding carboxylic acids is 1. The predicted molar refractivity (Wildman–Crippen MR) is 78.7 cm³/mol. The number of nitriles is 2. The van der Waals surface area contributed by atoms with E-state index in [4.69, 9.17) is 16.3 Å². The standard InChI is InChI=1S/C14H14N6O/c15-8-11(9-16)19-18-10-3-4-12(14(17)21)13(7-10)20-5-1-2-6-20/h3-4,7,18H,1-2,5-6H2,(H2,17,21). The van der Waals surface area contributed by atoms with Gasteiger partial charge in [0.15, 0.2) is 0 Å². The van der Waals surface area contributed by atoms with E-state index in [0.29, 0.717) is 11.3 Å². The number of nitrogens with one attached hydrogen (secondary N) is 1. The van der Waals surface area contributed by atoms with E-state index >= 15 is 0 Å². The topological polar surface area (TPSA) is 118 Å². The van der Waals surface area contributed by atoms with Crippen molar-refractivity contribution < 1.29 is 4.79 Å². The molecule has 0 saturated carbocycles. The zero-order valence-corrected chi connectivity index (χ0v) is 11.3. The van der Waals surface area contributed by atoms with Gasteiger partial charge in [0.25, 0.3) is 5.91 Å². The molecule has 7 heteroatoms. The molecule has 3 N–H and O–H groups in total. The minimum atomic E-state index is -0.485. The highest BCUT2D eigenvalue weighted by molar-refractivity contribution is 6.10. The number of hydrazone groups is 1. The van der Waals surface area contributed by atoms with Crippen LogP contribution in [0.2, 0.25) is 0 Å².